The third-order valence-electron chi connectivity index (χ3n) is 3.74. The lowest BCUT2D eigenvalue weighted by Crippen LogP contribution is -2.41. The van der Waals surface area contributed by atoms with Crippen LogP contribution >= 0.6 is 0 Å². The highest BCUT2D eigenvalue weighted by atomic mass is 16.5. The van der Waals surface area contributed by atoms with Gasteiger partial charge in [-0.25, -0.2) is 0 Å². The number of nitrogens with one attached hydrogen (secondary N) is 1. The maximum absolute atomic E-state index is 12.1. The van der Waals surface area contributed by atoms with E-state index in [1.807, 2.05) is 18.2 Å². The molecule has 2 atom stereocenters. The van der Waals surface area contributed by atoms with Gasteiger partial charge in [-0.05, 0) is 32.8 Å². The number of aliphatic hydroxyl groups is 1. The summed E-state index contributed by atoms with van der Waals surface area (Å²) in [6, 6.07) is 7.56. The second-order valence-electron chi connectivity index (χ2n) is 5.46. The van der Waals surface area contributed by atoms with Crippen LogP contribution in [-0.2, 0) is 4.79 Å². The van der Waals surface area contributed by atoms with Crippen molar-refractivity contribution >= 4 is 5.91 Å². The maximum Gasteiger partial charge on any atom is 0.260 e. The Hall–Kier alpha value is -1.55. The number of amides is 1. The van der Waals surface area contributed by atoms with Crippen molar-refractivity contribution in [3.05, 3.63) is 29.8 Å². The first-order valence-electron chi connectivity index (χ1n) is 7.32. The summed E-state index contributed by atoms with van der Waals surface area (Å²) in [7, 11) is 0. The zero-order valence-electron chi connectivity index (χ0n) is 12.1. The molecule has 2 rings (SSSR count). The Morgan fingerprint density at radius 3 is 2.60 bits per heavy atom. The van der Waals surface area contributed by atoms with E-state index < -0.39 is 12.2 Å². The van der Waals surface area contributed by atoms with E-state index >= 15 is 0 Å². The average Bonchev–Trinajstić information content (AvgIpc) is 2.91. The van der Waals surface area contributed by atoms with Crippen LogP contribution in [0.4, 0.5) is 0 Å². The Kier molecular flexibility index (Phi) is 5.01. The molecule has 0 aliphatic heterocycles. The maximum atomic E-state index is 12.1. The van der Waals surface area contributed by atoms with Crippen molar-refractivity contribution in [1.82, 2.24) is 5.32 Å². The number of ether oxygens (including phenoxy) is 1. The van der Waals surface area contributed by atoms with E-state index in [4.69, 9.17) is 4.74 Å². The SMILES string of the molecule is CC(Oc1ccccc1C(C)O)C(=O)NC1CCCC1. The largest absolute Gasteiger partial charge is 0.481 e. The molecule has 1 aromatic rings. The zero-order valence-corrected chi connectivity index (χ0v) is 12.1. The van der Waals surface area contributed by atoms with Crippen molar-refractivity contribution < 1.29 is 14.6 Å². The highest BCUT2D eigenvalue weighted by Gasteiger charge is 2.22. The van der Waals surface area contributed by atoms with E-state index in [1.54, 1.807) is 19.9 Å². The number of carbonyl (C=O) groups excluding carboxylic acids is 1. The number of hydrogen-bond acceptors (Lipinski definition) is 3. The Morgan fingerprint density at radius 2 is 1.95 bits per heavy atom. The molecule has 4 heteroatoms. The van der Waals surface area contributed by atoms with E-state index in [-0.39, 0.29) is 5.91 Å². The molecule has 1 aromatic carbocycles. The van der Waals surface area contributed by atoms with Gasteiger partial charge in [0.1, 0.15) is 5.75 Å². The fraction of sp³-hybridized carbons (Fsp3) is 0.562. The lowest BCUT2D eigenvalue weighted by molar-refractivity contribution is -0.128. The molecule has 1 aliphatic carbocycles. The van der Waals surface area contributed by atoms with Gasteiger partial charge >= 0.3 is 0 Å². The third-order valence-corrected chi connectivity index (χ3v) is 3.74. The molecule has 0 heterocycles. The average molecular weight is 277 g/mol. The minimum absolute atomic E-state index is 0.0858. The molecule has 0 aromatic heterocycles. The van der Waals surface area contributed by atoms with Crippen LogP contribution in [0.1, 0.15) is 51.2 Å². The van der Waals surface area contributed by atoms with E-state index in [0.29, 0.717) is 17.4 Å². The van der Waals surface area contributed by atoms with Gasteiger partial charge in [0.2, 0.25) is 0 Å². The molecule has 0 bridgehead atoms. The van der Waals surface area contributed by atoms with Gasteiger partial charge in [0.25, 0.3) is 5.91 Å². The van der Waals surface area contributed by atoms with Gasteiger partial charge in [-0.1, -0.05) is 31.0 Å². The van der Waals surface area contributed by atoms with Crippen molar-refractivity contribution in [2.45, 2.75) is 57.8 Å². The zero-order chi connectivity index (χ0) is 14.5. The van der Waals surface area contributed by atoms with E-state index in [9.17, 15) is 9.90 Å². The first-order chi connectivity index (χ1) is 9.58. The molecule has 1 amide bonds. The van der Waals surface area contributed by atoms with Gasteiger partial charge in [-0.2, -0.15) is 0 Å². The van der Waals surface area contributed by atoms with Gasteiger partial charge in [0, 0.05) is 11.6 Å². The first kappa shape index (κ1) is 14.9. The van der Waals surface area contributed by atoms with E-state index in [0.717, 1.165) is 12.8 Å². The van der Waals surface area contributed by atoms with Gasteiger partial charge in [-0.15, -0.1) is 0 Å². The summed E-state index contributed by atoms with van der Waals surface area (Å²) < 4.78 is 5.71. The van der Waals surface area contributed by atoms with Crippen molar-refractivity contribution in [1.29, 1.82) is 0 Å². The minimum Gasteiger partial charge on any atom is -0.481 e. The molecule has 110 valence electrons. The quantitative estimate of drug-likeness (QED) is 0.869. The number of rotatable bonds is 5. The second-order valence-corrected chi connectivity index (χ2v) is 5.46. The number of hydrogen-bond donors (Lipinski definition) is 2. The molecular weight excluding hydrogens is 254 g/mol. The monoisotopic (exact) mass is 277 g/mol. The first-order valence-corrected chi connectivity index (χ1v) is 7.32. The topological polar surface area (TPSA) is 58.6 Å². The standard InChI is InChI=1S/C16H23NO3/c1-11(18)14-9-5-6-10-15(14)20-12(2)16(19)17-13-7-3-4-8-13/h5-6,9-13,18H,3-4,7-8H2,1-2H3,(H,17,19). The second kappa shape index (κ2) is 6.75. The highest BCUT2D eigenvalue weighted by molar-refractivity contribution is 5.81. The van der Waals surface area contributed by atoms with Gasteiger partial charge in [0.05, 0.1) is 6.10 Å². The summed E-state index contributed by atoms with van der Waals surface area (Å²) in [5.74, 6) is 0.480. The van der Waals surface area contributed by atoms with Crippen molar-refractivity contribution in [3.8, 4) is 5.75 Å². The summed E-state index contributed by atoms with van der Waals surface area (Å²) in [6.45, 7) is 3.43. The van der Waals surface area contributed by atoms with Gasteiger partial charge < -0.3 is 15.2 Å². The lowest BCUT2D eigenvalue weighted by Gasteiger charge is -2.20. The summed E-state index contributed by atoms with van der Waals surface area (Å²) in [6.07, 6.45) is 3.31. The molecule has 20 heavy (non-hydrogen) atoms. The molecule has 0 spiro atoms. The lowest BCUT2D eigenvalue weighted by atomic mass is 10.1. The van der Waals surface area contributed by atoms with Crippen molar-refractivity contribution in [3.63, 3.8) is 0 Å². The Labute approximate surface area is 120 Å². The van der Waals surface area contributed by atoms with E-state index in [1.165, 1.54) is 12.8 Å². The molecule has 0 radical (unpaired) electrons. The molecule has 1 aliphatic rings. The number of benzene rings is 1. The fourth-order valence-electron chi connectivity index (χ4n) is 2.57. The Bertz CT molecular complexity index is 453. The third kappa shape index (κ3) is 3.73. The van der Waals surface area contributed by atoms with Crippen LogP contribution < -0.4 is 10.1 Å². The minimum atomic E-state index is -0.615. The summed E-state index contributed by atoms with van der Waals surface area (Å²) >= 11 is 0. The van der Waals surface area contributed by atoms with Gasteiger partial charge in [-0.3, -0.25) is 4.79 Å². The fourth-order valence-corrected chi connectivity index (χ4v) is 2.57. The Balaban J connectivity index is 1.96. The Morgan fingerprint density at radius 1 is 1.30 bits per heavy atom. The van der Waals surface area contributed by atoms with Crippen molar-refractivity contribution in [2.75, 3.05) is 0 Å². The normalized spacial score (nSPS) is 18.6. The number of aliphatic hydroxyl groups excluding tert-OH is 1. The molecule has 2 N–H and O–H groups in total. The van der Waals surface area contributed by atoms with Crippen LogP contribution in [0.2, 0.25) is 0 Å². The van der Waals surface area contributed by atoms with Crippen molar-refractivity contribution in [2.24, 2.45) is 0 Å². The van der Waals surface area contributed by atoms with Gasteiger partial charge in [0.15, 0.2) is 6.10 Å². The van der Waals surface area contributed by atoms with Crippen LogP contribution in [0.3, 0.4) is 0 Å². The molecule has 0 saturated heterocycles. The van der Waals surface area contributed by atoms with Crippen LogP contribution in [-0.4, -0.2) is 23.2 Å². The van der Waals surface area contributed by atoms with E-state index in [2.05, 4.69) is 5.32 Å². The molecule has 2 unspecified atom stereocenters. The molecule has 4 nitrogen and oxygen atoms in total. The number of para-hydroxylation sites is 1. The smallest absolute Gasteiger partial charge is 0.260 e. The molecule has 1 saturated carbocycles. The van der Waals surface area contributed by atoms with Crippen LogP contribution in [0.5, 0.6) is 5.75 Å². The highest BCUT2D eigenvalue weighted by Crippen LogP contribution is 2.25. The predicted octanol–water partition coefficient (Wildman–Crippen LogP) is 2.57. The van der Waals surface area contributed by atoms with Crippen LogP contribution in [0.25, 0.3) is 0 Å². The predicted molar refractivity (Wildman–Crippen MR) is 77.6 cm³/mol. The summed E-state index contributed by atoms with van der Waals surface area (Å²) in [5.41, 5.74) is 0.702. The molecule has 1 fully saturated rings. The molecular formula is C16H23NO3. The van der Waals surface area contributed by atoms with Crippen LogP contribution in [0, 0.1) is 0 Å². The summed E-state index contributed by atoms with van der Waals surface area (Å²) in [4.78, 5) is 12.1. The summed E-state index contributed by atoms with van der Waals surface area (Å²) in [5, 5.41) is 12.7. The number of carbonyl (C=O) groups is 1. The van der Waals surface area contributed by atoms with Crippen LogP contribution in [0.15, 0.2) is 24.3 Å².